The number of hydrogen-bond acceptors (Lipinski definition) is 4. The van der Waals surface area contributed by atoms with Crippen LogP contribution in [0.3, 0.4) is 0 Å². The normalized spacial score (nSPS) is 33.4. The molecular weight excluding hydrogens is 266 g/mol. The van der Waals surface area contributed by atoms with Gasteiger partial charge in [-0.2, -0.15) is 0 Å². The zero-order chi connectivity index (χ0) is 14.2. The monoisotopic (exact) mass is 287 g/mol. The van der Waals surface area contributed by atoms with E-state index in [0.29, 0.717) is 18.0 Å². The third kappa shape index (κ3) is 3.36. The van der Waals surface area contributed by atoms with Gasteiger partial charge in [0.2, 0.25) is 10.0 Å². The van der Waals surface area contributed by atoms with Gasteiger partial charge in [-0.1, -0.05) is 6.58 Å². The van der Waals surface area contributed by atoms with Crippen LogP contribution in [0, 0.1) is 17.8 Å². The number of carbonyl (C=O) groups excluding carboxylic acids is 1. The second-order valence-electron chi connectivity index (χ2n) is 5.75. The van der Waals surface area contributed by atoms with Crippen molar-refractivity contribution in [1.82, 2.24) is 4.72 Å². The number of esters is 1. The van der Waals surface area contributed by atoms with E-state index in [0.717, 1.165) is 19.3 Å². The van der Waals surface area contributed by atoms with Crippen molar-refractivity contribution in [3.63, 3.8) is 0 Å². The Morgan fingerprint density at radius 3 is 2.68 bits per heavy atom. The highest BCUT2D eigenvalue weighted by atomic mass is 32.2. The molecule has 2 fully saturated rings. The molecule has 0 heterocycles. The van der Waals surface area contributed by atoms with Crippen molar-refractivity contribution in [2.75, 3.05) is 12.8 Å². The zero-order valence-electron chi connectivity index (χ0n) is 11.4. The number of hydrogen-bond donors (Lipinski definition) is 1. The van der Waals surface area contributed by atoms with Gasteiger partial charge < -0.3 is 4.74 Å². The first-order valence-corrected chi connectivity index (χ1v) is 8.48. The summed E-state index contributed by atoms with van der Waals surface area (Å²) in [5.41, 5.74) is 0.411. The summed E-state index contributed by atoms with van der Waals surface area (Å²) in [5.74, 6) is 0.690. The Bertz CT molecular complexity index is 485. The highest BCUT2D eigenvalue weighted by molar-refractivity contribution is 7.88. The summed E-state index contributed by atoms with van der Waals surface area (Å²) in [5, 5.41) is 0. The van der Waals surface area contributed by atoms with Crippen LogP contribution < -0.4 is 4.72 Å². The van der Waals surface area contributed by atoms with Crippen molar-refractivity contribution in [3.8, 4) is 0 Å². The molecule has 5 nitrogen and oxygen atoms in total. The maximum atomic E-state index is 11.6. The Labute approximate surface area is 114 Å². The van der Waals surface area contributed by atoms with Crippen molar-refractivity contribution in [1.29, 1.82) is 0 Å². The maximum Gasteiger partial charge on any atom is 0.333 e. The summed E-state index contributed by atoms with van der Waals surface area (Å²) in [6.07, 6.45) is 4.05. The van der Waals surface area contributed by atoms with Gasteiger partial charge in [0.25, 0.3) is 0 Å². The van der Waals surface area contributed by atoms with Gasteiger partial charge >= 0.3 is 5.97 Å². The average Bonchev–Trinajstić information content (AvgIpc) is 2.81. The van der Waals surface area contributed by atoms with Crippen molar-refractivity contribution in [2.45, 2.75) is 32.3 Å². The highest BCUT2D eigenvalue weighted by Crippen LogP contribution is 2.50. The standard InChI is InChI=1S/C13H21NO4S/c1-8(2)13(15)18-12-6-9-4-5-10(12)11(9)7-14-19(3,16)17/h9-12,14H,1,4-7H2,2-3H3. The summed E-state index contributed by atoms with van der Waals surface area (Å²) in [4.78, 5) is 11.6. The molecule has 4 unspecified atom stereocenters. The van der Waals surface area contributed by atoms with E-state index in [1.165, 1.54) is 6.26 Å². The fourth-order valence-corrected chi connectivity index (χ4v) is 3.85. The lowest BCUT2D eigenvalue weighted by Gasteiger charge is -2.22. The van der Waals surface area contributed by atoms with Crippen LogP contribution in [-0.4, -0.2) is 33.3 Å². The van der Waals surface area contributed by atoms with Crippen LogP contribution in [0.5, 0.6) is 0 Å². The first kappa shape index (κ1) is 14.5. The summed E-state index contributed by atoms with van der Waals surface area (Å²) < 4.78 is 30.4. The Morgan fingerprint density at radius 1 is 1.42 bits per heavy atom. The van der Waals surface area contributed by atoms with E-state index in [-0.39, 0.29) is 23.9 Å². The van der Waals surface area contributed by atoms with Crippen molar-refractivity contribution < 1.29 is 17.9 Å². The third-order valence-corrected chi connectivity index (χ3v) is 4.92. The van der Waals surface area contributed by atoms with Crippen LogP contribution >= 0.6 is 0 Å². The van der Waals surface area contributed by atoms with E-state index >= 15 is 0 Å². The molecule has 2 rings (SSSR count). The van der Waals surface area contributed by atoms with E-state index in [2.05, 4.69) is 11.3 Å². The molecule has 1 N–H and O–H groups in total. The lowest BCUT2D eigenvalue weighted by molar-refractivity contribution is -0.146. The first-order valence-electron chi connectivity index (χ1n) is 6.59. The smallest absolute Gasteiger partial charge is 0.333 e. The molecule has 0 aliphatic heterocycles. The van der Waals surface area contributed by atoms with Crippen molar-refractivity contribution in [3.05, 3.63) is 12.2 Å². The molecule has 0 spiro atoms. The Hall–Kier alpha value is -0.880. The number of sulfonamides is 1. The number of nitrogens with one attached hydrogen (secondary N) is 1. The Morgan fingerprint density at radius 2 is 2.11 bits per heavy atom. The summed E-state index contributed by atoms with van der Waals surface area (Å²) in [6.45, 7) is 5.67. The molecule has 2 bridgehead atoms. The molecule has 0 radical (unpaired) electrons. The minimum absolute atomic E-state index is 0.0747. The molecule has 2 aliphatic carbocycles. The molecule has 4 atom stereocenters. The van der Waals surface area contributed by atoms with E-state index in [1.807, 2.05) is 0 Å². The molecule has 6 heteroatoms. The van der Waals surface area contributed by atoms with E-state index in [1.54, 1.807) is 6.92 Å². The summed E-state index contributed by atoms with van der Waals surface area (Å²) in [7, 11) is -3.16. The van der Waals surface area contributed by atoms with Gasteiger partial charge in [-0.3, -0.25) is 0 Å². The van der Waals surface area contributed by atoms with Gasteiger partial charge in [0.05, 0.1) is 6.26 Å². The zero-order valence-corrected chi connectivity index (χ0v) is 12.2. The van der Waals surface area contributed by atoms with Crippen molar-refractivity contribution in [2.24, 2.45) is 17.8 Å². The van der Waals surface area contributed by atoms with Gasteiger partial charge in [0.15, 0.2) is 0 Å². The minimum Gasteiger partial charge on any atom is -0.459 e. The predicted molar refractivity (Wildman–Crippen MR) is 71.9 cm³/mol. The molecule has 0 aromatic rings. The number of ether oxygens (including phenoxy) is 1. The lowest BCUT2D eigenvalue weighted by Crippen LogP contribution is -2.32. The van der Waals surface area contributed by atoms with Crippen LogP contribution in [0.25, 0.3) is 0 Å². The first-order chi connectivity index (χ1) is 8.78. The van der Waals surface area contributed by atoms with Crippen LogP contribution in [0.2, 0.25) is 0 Å². The van der Waals surface area contributed by atoms with Crippen molar-refractivity contribution >= 4 is 16.0 Å². The molecule has 0 saturated heterocycles. The number of carbonyl (C=O) groups is 1. The largest absolute Gasteiger partial charge is 0.459 e. The minimum atomic E-state index is -3.16. The van der Waals surface area contributed by atoms with Gasteiger partial charge in [-0.05, 0) is 38.0 Å². The van der Waals surface area contributed by atoms with Gasteiger partial charge in [-0.25, -0.2) is 17.9 Å². The summed E-state index contributed by atoms with van der Waals surface area (Å²) >= 11 is 0. The average molecular weight is 287 g/mol. The van der Waals surface area contributed by atoms with Gasteiger partial charge in [0, 0.05) is 18.0 Å². The molecule has 0 amide bonds. The third-order valence-electron chi connectivity index (χ3n) is 4.23. The fraction of sp³-hybridized carbons (Fsp3) is 0.769. The predicted octanol–water partition coefficient (Wildman–Crippen LogP) is 1.07. The van der Waals surface area contributed by atoms with E-state index < -0.39 is 10.0 Å². The maximum absolute atomic E-state index is 11.6. The molecule has 2 aliphatic rings. The summed E-state index contributed by atoms with van der Waals surface area (Å²) in [6, 6.07) is 0. The van der Waals surface area contributed by atoms with Gasteiger partial charge in [0.1, 0.15) is 6.10 Å². The van der Waals surface area contributed by atoms with Crippen LogP contribution in [0.1, 0.15) is 26.2 Å². The molecule has 108 valence electrons. The molecule has 0 aromatic heterocycles. The molecule has 0 aromatic carbocycles. The number of fused-ring (bicyclic) bond motifs is 2. The number of rotatable bonds is 5. The Balaban J connectivity index is 1.95. The highest BCUT2D eigenvalue weighted by Gasteiger charge is 2.49. The second kappa shape index (κ2) is 5.25. The van der Waals surface area contributed by atoms with E-state index in [9.17, 15) is 13.2 Å². The molecule has 19 heavy (non-hydrogen) atoms. The topological polar surface area (TPSA) is 72.5 Å². The molecule has 2 saturated carbocycles. The molecular formula is C13H21NO4S. The quantitative estimate of drug-likeness (QED) is 0.606. The van der Waals surface area contributed by atoms with Crippen LogP contribution in [0.4, 0.5) is 0 Å². The second-order valence-corrected chi connectivity index (χ2v) is 7.58. The Kier molecular flexibility index (Phi) is 4.01. The fourth-order valence-electron chi connectivity index (χ4n) is 3.35. The van der Waals surface area contributed by atoms with Gasteiger partial charge in [-0.15, -0.1) is 0 Å². The SMILES string of the molecule is C=C(C)C(=O)OC1CC2CCC1C2CNS(C)(=O)=O. The van der Waals surface area contributed by atoms with Crippen LogP contribution in [0.15, 0.2) is 12.2 Å². The van der Waals surface area contributed by atoms with E-state index in [4.69, 9.17) is 4.74 Å². The lowest BCUT2D eigenvalue weighted by atomic mass is 9.97. The van der Waals surface area contributed by atoms with Crippen LogP contribution in [-0.2, 0) is 19.6 Å².